The Morgan fingerprint density at radius 1 is 1.33 bits per heavy atom. The van der Waals surface area contributed by atoms with Crippen molar-refractivity contribution in [2.24, 2.45) is 5.73 Å². The highest BCUT2D eigenvalue weighted by Gasteiger charge is 2.04. The molecule has 0 atom stereocenters. The van der Waals surface area contributed by atoms with E-state index in [0.29, 0.717) is 12.1 Å². The van der Waals surface area contributed by atoms with Crippen molar-refractivity contribution in [1.29, 1.82) is 0 Å². The minimum Gasteiger partial charge on any atom is -0.330 e. The van der Waals surface area contributed by atoms with E-state index in [1.54, 1.807) is 19.1 Å². The highest BCUT2D eigenvalue weighted by Crippen LogP contribution is 2.04. The van der Waals surface area contributed by atoms with Crippen molar-refractivity contribution in [1.82, 2.24) is 10.4 Å². The largest absolute Gasteiger partial charge is 0.330 e. The molecule has 82 valence electrons. The Labute approximate surface area is 90.0 Å². The van der Waals surface area contributed by atoms with Crippen LogP contribution in [0.15, 0.2) is 24.3 Å². The topological polar surface area (TPSA) is 58.4 Å². The van der Waals surface area contributed by atoms with Gasteiger partial charge in [0.15, 0.2) is 0 Å². The second-order valence-electron chi connectivity index (χ2n) is 3.57. The Balaban J connectivity index is 2.67. The molecule has 0 aromatic heterocycles. The molecule has 15 heavy (non-hydrogen) atoms. The lowest BCUT2D eigenvalue weighted by molar-refractivity contribution is 0.0857. The number of hydrazine groups is 1. The van der Waals surface area contributed by atoms with Gasteiger partial charge in [0.05, 0.1) is 0 Å². The van der Waals surface area contributed by atoms with Crippen LogP contribution in [0.5, 0.6) is 0 Å². The van der Waals surface area contributed by atoms with E-state index >= 15 is 0 Å². The molecule has 0 aliphatic heterocycles. The Hall–Kier alpha value is -1.39. The molecule has 0 fully saturated rings. The second-order valence-corrected chi connectivity index (χ2v) is 3.57. The number of benzene rings is 1. The van der Waals surface area contributed by atoms with Gasteiger partial charge < -0.3 is 5.73 Å². The molecule has 0 bridgehead atoms. The van der Waals surface area contributed by atoms with Crippen molar-refractivity contribution in [3.05, 3.63) is 35.4 Å². The van der Waals surface area contributed by atoms with Gasteiger partial charge in [-0.15, -0.1) is 0 Å². The summed E-state index contributed by atoms with van der Waals surface area (Å²) in [6, 6.07) is 7.47. The van der Waals surface area contributed by atoms with Crippen molar-refractivity contribution in [2.75, 3.05) is 20.6 Å². The molecule has 0 unspecified atom stereocenters. The smallest absolute Gasteiger partial charge is 0.265 e. The van der Waals surface area contributed by atoms with Crippen LogP contribution in [0.4, 0.5) is 0 Å². The molecule has 0 aliphatic rings. The molecule has 0 saturated heterocycles. The zero-order valence-corrected chi connectivity index (χ0v) is 9.16. The molecule has 0 radical (unpaired) electrons. The summed E-state index contributed by atoms with van der Waals surface area (Å²) in [6.07, 6.45) is 0.843. The number of carbonyl (C=O) groups excluding carboxylic acids is 1. The number of rotatable bonds is 4. The first-order chi connectivity index (χ1) is 7.13. The van der Waals surface area contributed by atoms with Gasteiger partial charge in [-0.05, 0) is 30.7 Å². The summed E-state index contributed by atoms with van der Waals surface area (Å²) in [5, 5.41) is 1.62. The number of amides is 1. The number of hydrogen-bond acceptors (Lipinski definition) is 3. The van der Waals surface area contributed by atoms with Crippen LogP contribution in [0.1, 0.15) is 15.9 Å². The van der Waals surface area contributed by atoms with E-state index in [-0.39, 0.29) is 5.91 Å². The molecule has 0 saturated carbocycles. The molecule has 1 aromatic rings. The minimum atomic E-state index is -0.0979. The van der Waals surface area contributed by atoms with Crippen LogP contribution in [0.3, 0.4) is 0 Å². The van der Waals surface area contributed by atoms with Gasteiger partial charge in [-0.3, -0.25) is 10.2 Å². The van der Waals surface area contributed by atoms with Crippen LogP contribution in [-0.2, 0) is 6.42 Å². The van der Waals surface area contributed by atoms with Crippen LogP contribution in [0.25, 0.3) is 0 Å². The molecule has 4 nitrogen and oxygen atoms in total. The molecular formula is C11H17N3O. The summed E-state index contributed by atoms with van der Waals surface area (Å²) in [5.74, 6) is -0.0979. The third kappa shape index (κ3) is 3.69. The first kappa shape index (κ1) is 11.7. The van der Waals surface area contributed by atoms with E-state index in [2.05, 4.69) is 5.43 Å². The SMILES string of the molecule is CN(C)NC(=O)c1ccc(CCN)cc1. The van der Waals surface area contributed by atoms with E-state index < -0.39 is 0 Å². The van der Waals surface area contributed by atoms with Crippen LogP contribution < -0.4 is 11.2 Å². The van der Waals surface area contributed by atoms with Gasteiger partial charge in [-0.25, -0.2) is 5.01 Å². The van der Waals surface area contributed by atoms with Crippen LogP contribution >= 0.6 is 0 Å². The monoisotopic (exact) mass is 207 g/mol. The van der Waals surface area contributed by atoms with E-state index in [9.17, 15) is 4.79 Å². The molecule has 0 spiro atoms. The first-order valence-corrected chi connectivity index (χ1v) is 4.91. The molecular weight excluding hydrogens is 190 g/mol. The van der Waals surface area contributed by atoms with Gasteiger partial charge in [0, 0.05) is 19.7 Å². The maximum atomic E-state index is 11.5. The normalized spacial score (nSPS) is 10.4. The van der Waals surface area contributed by atoms with Crippen LogP contribution in [0, 0.1) is 0 Å². The van der Waals surface area contributed by atoms with Gasteiger partial charge in [-0.1, -0.05) is 12.1 Å². The van der Waals surface area contributed by atoms with Gasteiger partial charge in [0.25, 0.3) is 5.91 Å². The third-order valence-corrected chi connectivity index (χ3v) is 1.97. The summed E-state index contributed by atoms with van der Waals surface area (Å²) in [6.45, 7) is 0.628. The summed E-state index contributed by atoms with van der Waals surface area (Å²) in [7, 11) is 3.56. The fourth-order valence-corrected chi connectivity index (χ4v) is 1.26. The molecule has 1 aromatic carbocycles. The molecule has 0 aliphatic carbocycles. The minimum absolute atomic E-state index is 0.0979. The van der Waals surface area contributed by atoms with Crippen molar-refractivity contribution in [3.63, 3.8) is 0 Å². The number of nitrogens with two attached hydrogens (primary N) is 1. The average Bonchev–Trinajstić information content (AvgIpc) is 2.18. The zero-order chi connectivity index (χ0) is 11.3. The average molecular weight is 207 g/mol. The lowest BCUT2D eigenvalue weighted by Gasteiger charge is -2.11. The van der Waals surface area contributed by atoms with E-state index in [1.807, 2.05) is 24.3 Å². The summed E-state index contributed by atoms with van der Waals surface area (Å²) in [5.41, 5.74) is 9.93. The van der Waals surface area contributed by atoms with Gasteiger partial charge >= 0.3 is 0 Å². The second kappa shape index (κ2) is 5.48. The van der Waals surface area contributed by atoms with E-state index in [1.165, 1.54) is 0 Å². The fourth-order valence-electron chi connectivity index (χ4n) is 1.26. The number of hydrogen-bond donors (Lipinski definition) is 2. The first-order valence-electron chi connectivity index (χ1n) is 4.91. The lowest BCUT2D eigenvalue weighted by atomic mass is 10.1. The summed E-state index contributed by atoms with van der Waals surface area (Å²) in [4.78, 5) is 11.5. The van der Waals surface area contributed by atoms with Crippen molar-refractivity contribution in [3.8, 4) is 0 Å². The molecule has 1 amide bonds. The fraction of sp³-hybridized carbons (Fsp3) is 0.364. The molecule has 1 rings (SSSR count). The highest BCUT2D eigenvalue weighted by molar-refractivity contribution is 5.93. The molecule has 3 N–H and O–H groups in total. The maximum absolute atomic E-state index is 11.5. The highest BCUT2D eigenvalue weighted by atomic mass is 16.2. The Bertz CT molecular complexity index is 319. The quantitative estimate of drug-likeness (QED) is 0.702. The van der Waals surface area contributed by atoms with Crippen LogP contribution in [0.2, 0.25) is 0 Å². The predicted molar refractivity (Wildman–Crippen MR) is 60.4 cm³/mol. The third-order valence-electron chi connectivity index (χ3n) is 1.97. The Morgan fingerprint density at radius 3 is 2.40 bits per heavy atom. The lowest BCUT2D eigenvalue weighted by Crippen LogP contribution is -2.36. The zero-order valence-electron chi connectivity index (χ0n) is 9.16. The number of carbonyl (C=O) groups is 1. The van der Waals surface area contributed by atoms with Gasteiger partial charge in [0.2, 0.25) is 0 Å². The van der Waals surface area contributed by atoms with Crippen molar-refractivity contribution >= 4 is 5.91 Å². The van der Waals surface area contributed by atoms with Crippen LogP contribution in [-0.4, -0.2) is 31.6 Å². The molecule has 4 heteroatoms. The van der Waals surface area contributed by atoms with E-state index in [4.69, 9.17) is 5.73 Å². The maximum Gasteiger partial charge on any atom is 0.265 e. The van der Waals surface area contributed by atoms with Crippen molar-refractivity contribution in [2.45, 2.75) is 6.42 Å². The number of nitrogens with zero attached hydrogens (tertiary/aromatic N) is 1. The summed E-state index contributed by atoms with van der Waals surface area (Å²) >= 11 is 0. The standard InChI is InChI=1S/C11H17N3O/c1-14(2)13-11(15)10-5-3-9(4-6-10)7-8-12/h3-6H,7-8,12H2,1-2H3,(H,13,15). The Morgan fingerprint density at radius 2 is 1.93 bits per heavy atom. The van der Waals surface area contributed by atoms with Crippen molar-refractivity contribution < 1.29 is 4.79 Å². The molecule has 0 heterocycles. The van der Waals surface area contributed by atoms with E-state index in [0.717, 1.165) is 12.0 Å². The Kier molecular flexibility index (Phi) is 4.27. The number of nitrogens with one attached hydrogen (secondary N) is 1. The summed E-state index contributed by atoms with van der Waals surface area (Å²) < 4.78 is 0. The van der Waals surface area contributed by atoms with Gasteiger partial charge in [-0.2, -0.15) is 0 Å². The predicted octanol–water partition coefficient (Wildman–Crippen LogP) is 0.394. The van der Waals surface area contributed by atoms with Gasteiger partial charge in [0.1, 0.15) is 0 Å².